The Balaban J connectivity index is 3.00. The lowest BCUT2D eigenvalue weighted by molar-refractivity contribution is -0.384. The Hall–Kier alpha value is -2.11. The van der Waals surface area contributed by atoms with Gasteiger partial charge in [0.05, 0.1) is 4.92 Å². The van der Waals surface area contributed by atoms with E-state index in [0.717, 1.165) is 0 Å². The first-order valence-electron chi connectivity index (χ1n) is 6.98. The summed E-state index contributed by atoms with van der Waals surface area (Å²) in [4.78, 5) is 24.0. The average Bonchev–Trinajstić information content (AvgIpc) is 2.43. The normalized spacial score (nSPS) is 12.1. The van der Waals surface area contributed by atoms with Crippen LogP contribution in [0.25, 0.3) is 0 Å². The molecule has 0 spiro atoms. The molecule has 1 atom stereocenters. The highest BCUT2D eigenvalue weighted by Crippen LogP contribution is 2.26. The lowest BCUT2D eigenvalue weighted by Gasteiger charge is -2.17. The van der Waals surface area contributed by atoms with E-state index in [4.69, 9.17) is 0 Å². The van der Waals surface area contributed by atoms with Crippen molar-refractivity contribution in [3.8, 4) is 0 Å². The summed E-state index contributed by atoms with van der Waals surface area (Å²) in [6.07, 6.45) is 0. The van der Waals surface area contributed by atoms with E-state index in [9.17, 15) is 14.9 Å². The number of nitro groups is 1. The molecule has 1 aromatic carbocycles. The fraction of sp³-hybridized carbons (Fsp3) is 0.533. The van der Waals surface area contributed by atoms with Crippen molar-refractivity contribution in [2.45, 2.75) is 20.8 Å². The fourth-order valence-electron chi connectivity index (χ4n) is 1.73. The molecule has 1 amide bonds. The van der Waals surface area contributed by atoms with Crippen LogP contribution in [0.3, 0.4) is 0 Å². The van der Waals surface area contributed by atoms with Crippen LogP contribution in [0.1, 0.15) is 31.1 Å². The number of nitrogens with one attached hydrogen (secondary N) is 1. The molecule has 1 unspecified atom stereocenters. The maximum atomic E-state index is 11.9. The highest BCUT2D eigenvalue weighted by molar-refractivity contribution is 5.95. The van der Waals surface area contributed by atoms with Crippen LogP contribution in [-0.2, 0) is 0 Å². The van der Waals surface area contributed by atoms with Gasteiger partial charge in [0.2, 0.25) is 0 Å². The molecule has 0 saturated heterocycles. The van der Waals surface area contributed by atoms with Gasteiger partial charge in [0.15, 0.2) is 0 Å². The van der Waals surface area contributed by atoms with Crippen molar-refractivity contribution in [1.29, 1.82) is 0 Å². The topological polar surface area (TPSA) is 75.5 Å². The number of nitro benzene ring substituents is 1. The summed E-state index contributed by atoms with van der Waals surface area (Å²) in [5.41, 5.74) is 0.690. The first-order chi connectivity index (χ1) is 9.73. The Morgan fingerprint density at radius 2 is 1.95 bits per heavy atom. The Morgan fingerprint density at radius 1 is 1.33 bits per heavy atom. The monoisotopic (exact) mass is 293 g/mol. The number of rotatable bonds is 6. The molecule has 0 aliphatic carbocycles. The van der Waals surface area contributed by atoms with Crippen LogP contribution in [0.15, 0.2) is 18.2 Å². The minimum absolute atomic E-state index is 0.0707. The van der Waals surface area contributed by atoms with Gasteiger partial charge in [-0.05, 0) is 24.0 Å². The lowest BCUT2D eigenvalue weighted by atomic mass is 9.98. The fourth-order valence-corrected chi connectivity index (χ4v) is 1.73. The highest BCUT2D eigenvalue weighted by Gasteiger charge is 2.19. The van der Waals surface area contributed by atoms with E-state index in [1.807, 2.05) is 0 Å². The second-order valence-electron chi connectivity index (χ2n) is 5.79. The van der Waals surface area contributed by atoms with Crippen molar-refractivity contribution in [2.75, 3.05) is 26.0 Å². The molecule has 0 saturated carbocycles. The van der Waals surface area contributed by atoms with Gasteiger partial charge in [-0.1, -0.05) is 20.8 Å². The molecule has 1 rings (SSSR count). The summed E-state index contributed by atoms with van der Waals surface area (Å²) in [6.45, 7) is 6.96. The molecule has 0 heterocycles. The zero-order chi connectivity index (χ0) is 16.2. The lowest BCUT2D eigenvalue weighted by Crippen LogP contribution is -2.22. The van der Waals surface area contributed by atoms with Gasteiger partial charge in [0, 0.05) is 32.3 Å². The largest absolute Gasteiger partial charge is 0.379 e. The molecule has 0 fully saturated rings. The summed E-state index contributed by atoms with van der Waals surface area (Å²) in [7, 11) is 3.23. The van der Waals surface area contributed by atoms with Crippen molar-refractivity contribution in [3.05, 3.63) is 33.9 Å². The Morgan fingerprint density at radius 3 is 2.43 bits per heavy atom. The predicted molar refractivity (Wildman–Crippen MR) is 83.6 cm³/mol. The first kappa shape index (κ1) is 16.9. The van der Waals surface area contributed by atoms with E-state index < -0.39 is 4.92 Å². The number of amides is 1. The molecule has 1 N–H and O–H groups in total. The maximum absolute atomic E-state index is 11.9. The molecule has 6 nitrogen and oxygen atoms in total. The van der Waals surface area contributed by atoms with Gasteiger partial charge in [0.1, 0.15) is 5.69 Å². The highest BCUT2D eigenvalue weighted by atomic mass is 16.6. The Labute approximate surface area is 125 Å². The molecule has 0 radical (unpaired) electrons. The number of hydrogen-bond acceptors (Lipinski definition) is 4. The SMILES string of the molecule is CC(C)C(C)CNc1ccc(C(=O)N(C)C)cc1[N+](=O)[O-]. The van der Waals surface area contributed by atoms with Crippen LogP contribution >= 0.6 is 0 Å². The molecule has 0 aliphatic rings. The molecular weight excluding hydrogens is 270 g/mol. The molecule has 1 aromatic rings. The van der Waals surface area contributed by atoms with Gasteiger partial charge >= 0.3 is 0 Å². The number of anilines is 1. The first-order valence-corrected chi connectivity index (χ1v) is 6.98. The molecule has 116 valence electrons. The second-order valence-corrected chi connectivity index (χ2v) is 5.79. The average molecular weight is 293 g/mol. The van der Waals surface area contributed by atoms with E-state index in [2.05, 4.69) is 26.1 Å². The van der Waals surface area contributed by atoms with Crippen LogP contribution < -0.4 is 5.32 Å². The van der Waals surface area contributed by atoms with E-state index in [-0.39, 0.29) is 11.6 Å². The van der Waals surface area contributed by atoms with Crippen LogP contribution in [-0.4, -0.2) is 36.4 Å². The van der Waals surface area contributed by atoms with Crippen molar-refractivity contribution in [3.63, 3.8) is 0 Å². The van der Waals surface area contributed by atoms with Crippen molar-refractivity contribution < 1.29 is 9.72 Å². The van der Waals surface area contributed by atoms with Gasteiger partial charge in [0.25, 0.3) is 11.6 Å². The minimum atomic E-state index is -0.463. The number of carbonyl (C=O) groups excluding carboxylic acids is 1. The van der Waals surface area contributed by atoms with Crippen molar-refractivity contribution in [1.82, 2.24) is 4.90 Å². The van der Waals surface area contributed by atoms with Crippen molar-refractivity contribution >= 4 is 17.3 Å². The quantitative estimate of drug-likeness (QED) is 0.646. The van der Waals surface area contributed by atoms with Gasteiger partial charge < -0.3 is 10.2 Å². The van der Waals surface area contributed by atoms with E-state index in [1.165, 1.54) is 11.0 Å². The maximum Gasteiger partial charge on any atom is 0.293 e. The van der Waals surface area contributed by atoms with Crippen LogP contribution in [0.4, 0.5) is 11.4 Å². The van der Waals surface area contributed by atoms with Crippen LogP contribution in [0.2, 0.25) is 0 Å². The van der Waals surface area contributed by atoms with Crippen molar-refractivity contribution in [2.24, 2.45) is 11.8 Å². The summed E-state index contributed by atoms with van der Waals surface area (Å²) in [5, 5.41) is 14.3. The van der Waals surface area contributed by atoms with Gasteiger partial charge in [-0.3, -0.25) is 14.9 Å². The molecule has 0 aromatic heterocycles. The summed E-state index contributed by atoms with van der Waals surface area (Å²) >= 11 is 0. The zero-order valence-corrected chi connectivity index (χ0v) is 13.2. The molecule has 0 bridgehead atoms. The third-order valence-electron chi connectivity index (χ3n) is 3.60. The van der Waals surface area contributed by atoms with E-state index in [1.54, 1.807) is 26.2 Å². The Bertz CT molecular complexity index is 527. The van der Waals surface area contributed by atoms with Gasteiger partial charge in [-0.2, -0.15) is 0 Å². The third kappa shape index (κ3) is 4.44. The number of hydrogen-bond donors (Lipinski definition) is 1. The summed E-state index contributed by atoms with van der Waals surface area (Å²) < 4.78 is 0. The summed E-state index contributed by atoms with van der Waals surface area (Å²) in [5.74, 6) is 0.638. The molecule has 0 aliphatic heterocycles. The van der Waals surface area contributed by atoms with E-state index in [0.29, 0.717) is 29.6 Å². The molecular formula is C15H23N3O3. The molecule has 6 heteroatoms. The summed E-state index contributed by atoms with van der Waals surface area (Å²) in [6, 6.07) is 4.53. The van der Waals surface area contributed by atoms with Gasteiger partial charge in [-0.25, -0.2) is 0 Å². The predicted octanol–water partition coefficient (Wildman–Crippen LogP) is 3.00. The smallest absolute Gasteiger partial charge is 0.293 e. The molecule has 21 heavy (non-hydrogen) atoms. The number of carbonyl (C=O) groups is 1. The van der Waals surface area contributed by atoms with Crippen LogP contribution in [0.5, 0.6) is 0 Å². The Kier molecular flexibility index (Phi) is 5.69. The number of benzene rings is 1. The van der Waals surface area contributed by atoms with E-state index >= 15 is 0 Å². The van der Waals surface area contributed by atoms with Gasteiger partial charge in [-0.15, -0.1) is 0 Å². The zero-order valence-electron chi connectivity index (χ0n) is 13.2. The minimum Gasteiger partial charge on any atom is -0.379 e. The standard InChI is InChI=1S/C15H23N3O3/c1-10(2)11(3)9-16-13-7-6-12(15(19)17(4)5)8-14(13)18(20)21/h6-8,10-11,16H,9H2,1-5H3. The second kappa shape index (κ2) is 7.06. The van der Waals surface area contributed by atoms with Crippen LogP contribution in [0, 0.1) is 22.0 Å². The third-order valence-corrected chi connectivity index (χ3v) is 3.60. The number of nitrogens with zero attached hydrogens (tertiary/aromatic N) is 2.